The maximum Gasteiger partial charge on any atom is 0.297 e. The molecular weight excluding hydrogens is 1650 g/mol. The minimum Gasteiger partial charge on any atom is -0.508 e. The van der Waals surface area contributed by atoms with E-state index in [-0.39, 0.29) is 46.1 Å². The van der Waals surface area contributed by atoms with Gasteiger partial charge < -0.3 is 58.3 Å². The molecule has 4 aromatic heterocycles. The molecule has 0 spiro atoms. The molecule has 16 rings (SSSR count). The van der Waals surface area contributed by atoms with Gasteiger partial charge in [-0.05, 0) is 208 Å². The number of ether oxygens (including phenoxy) is 8. The van der Waals surface area contributed by atoms with Crippen molar-refractivity contribution in [2.75, 3.05) is 0 Å². The van der Waals surface area contributed by atoms with Gasteiger partial charge in [0.25, 0.3) is 25.9 Å². The zero-order chi connectivity index (χ0) is 87.2. The van der Waals surface area contributed by atoms with Crippen molar-refractivity contribution >= 4 is 159 Å². The summed E-state index contributed by atoms with van der Waals surface area (Å²) in [6, 6.07) is 78.0. The van der Waals surface area contributed by atoms with Crippen LogP contribution in [0.2, 0.25) is 0 Å². The number of aromatic hydroxyl groups is 4. The predicted octanol–water partition coefficient (Wildman–Crippen LogP) is 24.3. The number of thiophene rings is 4. The summed E-state index contributed by atoms with van der Waals surface area (Å²) in [6.07, 6.45) is 11.8. The molecule has 0 aliphatic rings. The number of phenols is 4. The summed E-state index contributed by atoms with van der Waals surface area (Å²) in [5, 5.41) is 42.5. The Kier molecular flexibility index (Phi) is 28.5. The summed E-state index contributed by atoms with van der Waals surface area (Å²) in [5.74, 6) is 4.02. The number of benzene rings is 12. The van der Waals surface area contributed by atoms with Crippen LogP contribution >= 0.6 is 45.3 Å². The zero-order valence-corrected chi connectivity index (χ0v) is 69.6. The van der Waals surface area contributed by atoms with Gasteiger partial charge in [-0.25, -0.2) is 0 Å². The average Bonchev–Trinajstić information content (AvgIpc) is 1.65. The van der Waals surface area contributed by atoms with Crippen molar-refractivity contribution in [3.8, 4) is 69.0 Å². The Hall–Kier alpha value is -15.6. The van der Waals surface area contributed by atoms with E-state index in [1.807, 2.05) is 137 Å². The fourth-order valence-electron chi connectivity index (χ4n) is 12.4. The van der Waals surface area contributed by atoms with Crippen LogP contribution in [0.4, 0.5) is 0 Å². The highest BCUT2D eigenvalue weighted by molar-refractivity contribution is 7.22. The normalized spacial score (nSPS) is 11.0. The number of fused-ring (bicyclic) bond motifs is 4. The average molecular weight is 1720 g/mol. The number of hydrogen-bond acceptors (Lipinski definition) is 24. The number of carbonyl (C=O) groups is 8. The number of aryl methyl sites for hydroxylation is 4. The van der Waals surface area contributed by atoms with Gasteiger partial charge in [0.2, 0.25) is 23.1 Å². The van der Waals surface area contributed by atoms with Crippen molar-refractivity contribution in [1.29, 1.82) is 0 Å². The molecule has 12 aromatic carbocycles. The minimum absolute atomic E-state index is 0.128. The standard InChI is InChI=1S/4C25H18O5S/c2*1-16-2-6-18(7-3-16)23(28)25-24(21-11-8-19(27)14-22(21)31-25)30-20-9-4-17(5-10-20)12-13-29-15-26;2*1-16-3-2-4-18(13-16)23(28)25-24(21-10-7-19(27)14-22(21)31-25)30-20-8-5-17(6-9-20)11-12-29-15-26/h4*2-15,27H,1H3/b2*13-12+;2*12-11+. The zero-order valence-electron chi connectivity index (χ0n) is 66.3. The molecule has 16 aromatic rings. The topological polar surface area (TPSA) is 291 Å². The van der Waals surface area contributed by atoms with Crippen LogP contribution in [0.25, 0.3) is 64.6 Å². The van der Waals surface area contributed by atoms with Crippen LogP contribution in [0, 0.1) is 27.7 Å². The van der Waals surface area contributed by atoms with E-state index in [0.717, 1.165) is 84.9 Å². The fraction of sp³-hybridized carbons (Fsp3) is 0.0400. The Morgan fingerprint density at radius 3 is 0.718 bits per heavy atom. The molecular formula is C100H72O20S4. The highest BCUT2D eigenvalue weighted by atomic mass is 32.1. The Bertz CT molecular complexity index is 6320. The first-order chi connectivity index (χ1) is 60.2. The lowest BCUT2D eigenvalue weighted by molar-refractivity contribution is -0.124. The van der Waals surface area contributed by atoms with E-state index in [1.54, 1.807) is 182 Å². The second kappa shape index (κ2) is 40.9. The smallest absolute Gasteiger partial charge is 0.297 e. The lowest BCUT2D eigenvalue weighted by Crippen LogP contribution is -2.01. The summed E-state index contributed by atoms with van der Waals surface area (Å²) >= 11 is 5.15. The molecule has 124 heavy (non-hydrogen) atoms. The van der Waals surface area contributed by atoms with Gasteiger partial charge in [-0.15, -0.1) is 45.3 Å². The van der Waals surface area contributed by atoms with E-state index >= 15 is 0 Å². The van der Waals surface area contributed by atoms with Crippen molar-refractivity contribution < 1.29 is 96.7 Å². The highest BCUT2D eigenvalue weighted by Gasteiger charge is 2.28. The molecule has 0 aliphatic carbocycles. The highest BCUT2D eigenvalue weighted by Crippen LogP contribution is 2.48. The van der Waals surface area contributed by atoms with E-state index in [4.69, 9.17) is 18.9 Å². The predicted molar refractivity (Wildman–Crippen MR) is 483 cm³/mol. The van der Waals surface area contributed by atoms with E-state index in [1.165, 1.54) is 70.4 Å². The summed E-state index contributed by atoms with van der Waals surface area (Å²) in [4.78, 5) is 95.8. The minimum atomic E-state index is -0.138. The molecule has 0 atom stereocenters. The summed E-state index contributed by atoms with van der Waals surface area (Å²) < 4.78 is 45.9. The van der Waals surface area contributed by atoms with Crippen molar-refractivity contribution in [2.45, 2.75) is 27.7 Å². The molecule has 0 amide bonds. The molecule has 0 saturated carbocycles. The van der Waals surface area contributed by atoms with Crippen LogP contribution in [0.1, 0.15) is 105 Å². The van der Waals surface area contributed by atoms with Crippen LogP contribution in [0.5, 0.6) is 69.0 Å². The lowest BCUT2D eigenvalue weighted by Gasteiger charge is -2.08. The third kappa shape index (κ3) is 21.9. The second-order valence-electron chi connectivity index (χ2n) is 27.4. The van der Waals surface area contributed by atoms with E-state index in [0.29, 0.717) is 114 Å². The molecule has 0 aliphatic heterocycles. The van der Waals surface area contributed by atoms with Gasteiger partial charge >= 0.3 is 0 Å². The first kappa shape index (κ1) is 86.3. The monoisotopic (exact) mass is 1720 g/mol. The lowest BCUT2D eigenvalue weighted by atomic mass is 10.1. The SMILES string of the molecule is Cc1ccc(C(=O)c2sc3cc(O)ccc3c2Oc2ccc(/C=C/OC=O)cc2)cc1.Cc1ccc(C(=O)c2sc3cc(O)ccc3c2Oc2ccc(/C=C/OC=O)cc2)cc1.Cc1cccc(C(=O)c2sc3cc(O)ccc3c2Oc2ccc(/C=C/OC=O)cc2)c1.Cc1cccc(C(=O)c2sc3cc(O)ccc3c2Oc2ccc(/C=C/OC=O)cc2)c1. The van der Waals surface area contributed by atoms with Gasteiger partial charge in [0, 0.05) is 62.6 Å². The van der Waals surface area contributed by atoms with Crippen LogP contribution in [-0.2, 0) is 38.1 Å². The molecule has 24 heteroatoms. The fourth-order valence-corrected chi connectivity index (χ4v) is 16.9. The second-order valence-corrected chi connectivity index (χ2v) is 31.6. The van der Waals surface area contributed by atoms with Crippen molar-refractivity contribution in [1.82, 2.24) is 0 Å². The molecule has 0 radical (unpaired) electrons. The maximum absolute atomic E-state index is 13.3. The number of rotatable bonds is 28. The van der Waals surface area contributed by atoms with Gasteiger partial charge in [0.1, 0.15) is 65.5 Å². The molecule has 4 heterocycles. The Morgan fingerprint density at radius 1 is 0.258 bits per heavy atom. The van der Waals surface area contributed by atoms with Gasteiger partial charge in [-0.3, -0.25) is 38.4 Å². The molecule has 0 saturated heterocycles. The van der Waals surface area contributed by atoms with Crippen LogP contribution < -0.4 is 18.9 Å². The van der Waals surface area contributed by atoms with Gasteiger partial charge in [-0.2, -0.15) is 0 Å². The van der Waals surface area contributed by atoms with Gasteiger partial charge in [0.05, 0.1) is 25.0 Å². The van der Waals surface area contributed by atoms with Crippen LogP contribution in [0.3, 0.4) is 0 Å². The molecule has 0 bridgehead atoms. The van der Waals surface area contributed by atoms with E-state index < -0.39 is 0 Å². The molecule has 0 unspecified atom stereocenters. The molecule has 0 fully saturated rings. The third-order valence-corrected chi connectivity index (χ3v) is 23.0. The van der Waals surface area contributed by atoms with Crippen molar-refractivity contribution in [3.63, 3.8) is 0 Å². The number of phenolic OH excluding ortho intramolecular Hbond substituents is 4. The molecule has 4 N–H and O–H groups in total. The van der Waals surface area contributed by atoms with Gasteiger partial charge in [-0.1, -0.05) is 156 Å². The first-order valence-corrected chi connectivity index (χ1v) is 41.1. The molecule has 616 valence electrons. The Labute approximate surface area is 725 Å². The number of hydrogen-bond donors (Lipinski definition) is 4. The van der Waals surface area contributed by atoms with Crippen molar-refractivity contribution in [3.05, 3.63) is 378 Å². The summed E-state index contributed by atoms with van der Waals surface area (Å²) in [5.41, 5.74) is 9.73. The quantitative estimate of drug-likeness (QED) is 0.0153. The van der Waals surface area contributed by atoms with E-state index in [2.05, 4.69) is 18.9 Å². The Balaban J connectivity index is 0.000000142. The maximum atomic E-state index is 13.3. The first-order valence-electron chi connectivity index (χ1n) is 37.8. The van der Waals surface area contributed by atoms with E-state index in [9.17, 15) is 58.8 Å². The van der Waals surface area contributed by atoms with Gasteiger partial charge in [0.15, 0.2) is 23.0 Å². The largest absolute Gasteiger partial charge is 0.508 e. The van der Waals surface area contributed by atoms with Crippen molar-refractivity contribution in [2.24, 2.45) is 0 Å². The van der Waals surface area contributed by atoms with Crippen LogP contribution in [0.15, 0.2) is 292 Å². The number of ketones is 4. The Morgan fingerprint density at radius 2 is 0.492 bits per heavy atom. The number of carbonyl (C=O) groups excluding carboxylic acids is 8. The van der Waals surface area contributed by atoms with Crippen LogP contribution in [-0.4, -0.2) is 69.4 Å². The summed E-state index contributed by atoms with van der Waals surface area (Å²) in [6.45, 7) is 9.20. The molecule has 20 nitrogen and oxygen atoms in total. The third-order valence-electron chi connectivity index (χ3n) is 18.5. The summed E-state index contributed by atoms with van der Waals surface area (Å²) in [7, 11) is 0.